The van der Waals surface area contributed by atoms with E-state index in [9.17, 15) is 4.79 Å². The molecule has 22 heavy (non-hydrogen) atoms. The minimum Gasteiger partial charge on any atom is -0.495 e. The Labute approximate surface area is 134 Å². The van der Waals surface area contributed by atoms with Crippen LogP contribution in [0.15, 0.2) is 42.5 Å². The molecule has 0 saturated carbocycles. The molecular weight excluding hydrogens is 296 g/mol. The highest BCUT2D eigenvalue weighted by atomic mass is 32.2. The van der Waals surface area contributed by atoms with E-state index in [1.165, 1.54) is 0 Å². The van der Waals surface area contributed by atoms with Crippen molar-refractivity contribution in [1.82, 2.24) is 0 Å². The van der Waals surface area contributed by atoms with Crippen LogP contribution in [0.25, 0.3) is 0 Å². The molecule has 1 heterocycles. The first-order chi connectivity index (χ1) is 10.6. The number of benzene rings is 2. The molecule has 0 spiro atoms. The number of ether oxygens (including phenoxy) is 1. The fraction of sp³-hybridized carbons (Fsp3) is 0.235. The second kappa shape index (κ2) is 5.93. The van der Waals surface area contributed by atoms with Crippen LogP contribution >= 0.6 is 11.8 Å². The van der Waals surface area contributed by atoms with Crippen LogP contribution in [0, 0.1) is 6.92 Å². The number of thioether (sulfide) groups is 1. The maximum atomic E-state index is 12.4. The fourth-order valence-electron chi connectivity index (χ4n) is 2.63. The molecule has 0 unspecified atom stereocenters. The number of anilines is 2. The maximum absolute atomic E-state index is 12.4. The minimum atomic E-state index is -0.0771. The Bertz CT molecular complexity index is 718. The summed E-state index contributed by atoms with van der Waals surface area (Å²) in [5.41, 5.74) is 9.52. The van der Waals surface area contributed by atoms with Gasteiger partial charge in [-0.2, -0.15) is 0 Å². The number of hydrogen-bond donors (Lipinski definition) is 1. The summed E-state index contributed by atoms with van der Waals surface area (Å²) < 4.78 is 5.44. The summed E-state index contributed by atoms with van der Waals surface area (Å²) in [5.74, 6) is 1.24. The zero-order valence-corrected chi connectivity index (χ0v) is 13.4. The Morgan fingerprint density at radius 3 is 2.82 bits per heavy atom. The normalized spacial score (nSPS) is 17.8. The molecule has 0 aromatic heterocycles. The van der Waals surface area contributed by atoms with E-state index < -0.39 is 0 Å². The van der Waals surface area contributed by atoms with Gasteiger partial charge in [0.1, 0.15) is 11.1 Å². The van der Waals surface area contributed by atoms with Gasteiger partial charge in [0.2, 0.25) is 5.91 Å². The molecule has 5 heteroatoms. The average molecular weight is 314 g/mol. The molecule has 1 fully saturated rings. The van der Waals surface area contributed by atoms with Crippen LogP contribution in [-0.4, -0.2) is 18.8 Å². The van der Waals surface area contributed by atoms with Gasteiger partial charge in [0, 0.05) is 5.69 Å². The number of nitrogens with two attached hydrogens (primary N) is 1. The quantitative estimate of drug-likeness (QED) is 0.883. The number of aryl methyl sites for hydroxylation is 1. The molecule has 1 saturated heterocycles. The third kappa shape index (κ3) is 2.64. The molecule has 1 aliphatic rings. The van der Waals surface area contributed by atoms with Crippen molar-refractivity contribution in [2.24, 2.45) is 0 Å². The van der Waals surface area contributed by atoms with Crippen molar-refractivity contribution in [2.45, 2.75) is 12.3 Å². The van der Waals surface area contributed by atoms with Gasteiger partial charge in [0.15, 0.2) is 0 Å². The second-order valence-electron chi connectivity index (χ2n) is 5.27. The summed E-state index contributed by atoms with van der Waals surface area (Å²) in [6.45, 7) is 2.01. The van der Waals surface area contributed by atoms with Crippen molar-refractivity contribution in [3.05, 3.63) is 53.6 Å². The number of carbonyl (C=O) groups excluding carboxylic acids is 1. The smallest absolute Gasteiger partial charge is 0.238 e. The molecular formula is C17H18N2O2S. The Morgan fingerprint density at radius 2 is 2.09 bits per heavy atom. The first-order valence-electron chi connectivity index (χ1n) is 7.04. The van der Waals surface area contributed by atoms with E-state index in [0.717, 1.165) is 16.8 Å². The number of rotatable bonds is 3. The first kappa shape index (κ1) is 14.8. The van der Waals surface area contributed by atoms with E-state index in [4.69, 9.17) is 10.5 Å². The monoisotopic (exact) mass is 314 g/mol. The third-order valence-corrected chi connectivity index (χ3v) is 4.87. The van der Waals surface area contributed by atoms with E-state index in [-0.39, 0.29) is 11.3 Å². The zero-order valence-electron chi connectivity index (χ0n) is 12.6. The van der Waals surface area contributed by atoms with Gasteiger partial charge >= 0.3 is 0 Å². The second-order valence-corrected chi connectivity index (χ2v) is 6.34. The molecule has 1 amide bonds. The van der Waals surface area contributed by atoms with Crippen molar-refractivity contribution >= 4 is 29.0 Å². The van der Waals surface area contributed by atoms with E-state index >= 15 is 0 Å². The van der Waals surface area contributed by atoms with E-state index in [1.807, 2.05) is 54.3 Å². The lowest BCUT2D eigenvalue weighted by molar-refractivity contribution is -0.115. The number of carbonyl (C=O) groups is 1. The third-order valence-electron chi connectivity index (χ3n) is 3.66. The Balaban J connectivity index is 2.07. The van der Waals surface area contributed by atoms with Crippen LogP contribution in [0.4, 0.5) is 11.4 Å². The van der Waals surface area contributed by atoms with Gasteiger partial charge in [-0.3, -0.25) is 9.69 Å². The summed E-state index contributed by atoms with van der Waals surface area (Å²) in [7, 11) is 1.62. The highest BCUT2D eigenvalue weighted by molar-refractivity contribution is 8.00. The lowest BCUT2D eigenvalue weighted by Gasteiger charge is -2.26. The Hall–Kier alpha value is -2.14. The molecule has 2 N–H and O–H groups in total. The molecule has 2 aromatic carbocycles. The molecule has 1 aliphatic heterocycles. The lowest BCUT2D eigenvalue weighted by atomic mass is 10.1. The highest BCUT2D eigenvalue weighted by Gasteiger charge is 2.35. The van der Waals surface area contributed by atoms with Gasteiger partial charge < -0.3 is 10.5 Å². The molecule has 0 bridgehead atoms. The van der Waals surface area contributed by atoms with Gasteiger partial charge in [0.25, 0.3) is 0 Å². The fourth-order valence-corrected chi connectivity index (χ4v) is 3.79. The van der Waals surface area contributed by atoms with Crippen molar-refractivity contribution in [3.63, 3.8) is 0 Å². The van der Waals surface area contributed by atoms with Crippen LogP contribution < -0.4 is 15.4 Å². The van der Waals surface area contributed by atoms with Gasteiger partial charge in [0.05, 0.1) is 18.6 Å². The summed E-state index contributed by atoms with van der Waals surface area (Å²) in [5, 5.41) is -0.0771. The largest absolute Gasteiger partial charge is 0.495 e. The summed E-state index contributed by atoms with van der Waals surface area (Å²) in [6.07, 6.45) is 0. The van der Waals surface area contributed by atoms with Gasteiger partial charge in [-0.1, -0.05) is 18.2 Å². The minimum absolute atomic E-state index is 0.0771. The number of amides is 1. The van der Waals surface area contributed by atoms with Gasteiger partial charge in [-0.15, -0.1) is 11.8 Å². The predicted octanol–water partition coefficient (Wildman–Crippen LogP) is 3.36. The van der Waals surface area contributed by atoms with Crippen LogP contribution in [0.3, 0.4) is 0 Å². The predicted molar refractivity (Wildman–Crippen MR) is 91.3 cm³/mol. The lowest BCUT2D eigenvalue weighted by Crippen LogP contribution is -2.28. The maximum Gasteiger partial charge on any atom is 0.238 e. The topological polar surface area (TPSA) is 55.6 Å². The molecule has 114 valence electrons. The van der Waals surface area contributed by atoms with Crippen molar-refractivity contribution in [2.75, 3.05) is 23.5 Å². The van der Waals surface area contributed by atoms with Crippen LogP contribution in [0.2, 0.25) is 0 Å². The molecule has 0 radical (unpaired) electrons. The highest BCUT2D eigenvalue weighted by Crippen LogP contribution is 2.45. The van der Waals surface area contributed by atoms with E-state index in [1.54, 1.807) is 18.9 Å². The number of nitrogen functional groups attached to an aromatic ring is 1. The van der Waals surface area contributed by atoms with E-state index in [0.29, 0.717) is 17.2 Å². The summed E-state index contributed by atoms with van der Waals surface area (Å²) in [6, 6.07) is 13.6. The summed E-state index contributed by atoms with van der Waals surface area (Å²) in [4.78, 5) is 14.3. The molecule has 4 nitrogen and oxygen atoms in total. The number of hydrogen-bond acceptors (Lipinski definition) is 4. The van der Waals surface area contributed by atoms with Crippen LogP contribution in [0.5, 0.6) is 5.75 Å². The van der Waals surface area contributed by atoms with Crippen molar-refractivity contribution in [1.29, 1.82) is 0 Å². The number of nitrogens with zero attached hydrogens (tertiary/aromatic N) is 1. The van der Waals surface area contributed by atoms with Gasteiger partial charge in [-0.25, -0.2) is 0 Å². The summed E-state index contributed by atoms with van der Waals surface area (Å²) >= 11 is 1.61. The average Bonchev–Trinajstić information content (AvgIpc) is 2.89. The zero-order chi connectivity index (χ0) is 15.7. The van der Waals surface area contributed by atoms with E-state index in [2.05, 4.69) is 0 Å². The Kier molecular flexibility index (Phi) is 3.98. The molecule has 1 atom stereocenters. The number of methoxy groups -OCH3 is 1. The van der Waals surface area contributed by atoms with Crippen LogP contribution in [-0.2, 0) is 4.79 Å². The van der Waals surface area contributed by atoms with Crippen molar-refractivity contribution < 1.29 is 9.53 Å². The first-order valence-corrected chi connectivity index (χ1v) is 8.09. The molecule has 2 aromatic rings. The SMILES string of the molecule is COc1ccc(C)cc1N1C(=O)CS[C@H]1c1cccc(N)c1. The molecule has 3 rings (SSSR count). The molecule has 0 aliphatic carbocycles. The van der Waals surface area contributed by atoms with Crippen LogP contribution in [0.1, 0.15) is 16.5 Å². The Morgan fingerprint density at radius 1 is 1.27 bits per heavy atom. The van der Waals surface area contributed by atoms with Gasteiger partial charge in [-0.05, 0) is 42.3 Å². The van der Waals surface area contributed by atoms with Crippen molar-refractivity contribution in [3.8, 4) is 5.75 Å². The standard InChI is InChI=1S/C17H18N2O2S/c1-11-6-7-15(21-2)14(8-11)19-16(20)10-22-17(19)12-4-3-5-13(18)9-12/h3-9,17H,10,18H2,1-2H3/t17-/m0/s1.